The minimum absolute atomic E-state index is 0.0178. The number of carbonyl (C=O) groups excluding carboxylic acids is 2. The van der Waals surface area contributed by atoms with Crippen molar-refractivity contribution in [3.63, 3.8) is 0 Å². The Morgan fingerprint density at radius 3 is 2.81 bits per heavy atom. The molecule has 142 valence electrons. The smallest absolute Gasteiger partial charge is 0.225 e. The third kappa shape index (κ3) is 4.22. The normalized spacial score (nSPS) is 22.7. The molecule has 1 unspecified atom stereocenters. The van der Waals surface area contributed by atoms with Crippen LogP contribution in [0.15, 0.2) is 24.4 Å². The molecule has 1 N–H and O–H groups in total. The zero-order chi connectivity index (χ0) is 18.6. The van der Waals surface area contributed by atoms with E-state index in [-0.39, 0.29) is 29.7 Å². The quantitative estimate of drug-likeness (QED) is 0.807. The molecule has 2 saturated heterocycles. The zero-order valence-corrected chi connectivity index (χ0v) is 15.6. The van der Waals surface area contributed by atoms with E-state index in [1.165, 1.54) is 0 Å². The average Bonchev–Trinajstić information content (AvgIpc) is 3.02. The van der Waals surface area contributed by atoms with Gasteiger partial charge in [-0.1, -0.05) is 6.07 Å². The van der Waals surface area contributed by atoms with Crippen molar-refractivity contribution in [2.24, 2.45) is 5.92 Å². The maximum atomic E-state index is 12.6. The van der Waals surface area contributed by atoms with Crippen molar-refractivity contribution in [1.82, 2.24) is 20.1 Å². The highest BCUT2D eigenvalue weighted by atomic mass is 16.5. The first-order valence-electron chi connectivity index (χ1n) is 9.21. The first-order valence-corrected chi connectivity index (χ1v) is 9.21. The predicted molar refractivity (Wildman–Crippen MR) is 97.2 cm³/mol. The molecule has 1 aromatic rings. The van der Waals surface area contributed by atoms with E-state index in [2.05, 4.69) is 15.2 Å². The van der Waals surface area contributed by atoms with Crippen molar-refractivity contribution in [3.8, 4) is 0 Å². The third-order valence-corrected chi connectivity index (χ3v) is 5.63. The van der Waals surface area contributed by atoms with Crippen LogP contribution in [0.25, 0.3) is 0 Å². The van der Waals surface area contributed by atoms with Crippen LogP contribution >= 0.6 is 0 Å². The number of nitrogens with one attached hydrogen (secondary N) is 1. The number of aromatic nitrogens is 1. The Bertz CT molecular complexity index is 629. The molecule has 0 radical (unpaired) electrons. The second-order valence-corrected chi connectivity index (χ2v) is 7.45. The summed E-state index contributed by atoms with van der Waals surface area (Å²) >= 11 is 0. The van der Waals surface area contributed by atoms with E-state index < -0.39 is 0 Å². The number of hydrogen-bond donors (Lipinski definition) is 1. The molecule has 2 amide bonds. The van der Waals surface area contributed by atoms with Gasteiger partial charge in [-0.05, 0) is 39.1 Å². The molecular weight excluding hydrogens is 332 g/mol. The summed E-state index contributed by atoms with van der Waals surface area (Å²) in [4.78, 5) is 33.1. The lowest BCUT2D eigenvalue weighted by Gasteiger charge is -2.43. The van der Waals surface area contributed by atoms with Crippen LogP contribution in [0.5, 0.6) is 0 Å². The molecule has 7 nitrogen and oxygen atoms in total. The van der Waals surface area contributed by atoms with Crippen LogP contribution < -0.4 is 5.32 Å². The van der Waals surface area contributed by atoms with Crippen LogP contribution in [-0.4, -0.2) is 72.5 Å². The topological polar surface area (TPSA) is 74.8 Å². The van der Waals surface area contributed by atoms with Crippen LogP contribution in [0.1, 0.15) is 25.0 Å². The van der Waals surface area contributed by atoms with Crippen molar-refractivity contribution >= 4 is 11.8 Å². The summed E-state index contributed by atoms with van der Waals surface area (Å²) in [6.07, 6.45) is 3.79. The largest absolute Gasteiger partial charge is 0.381 e. The zero-order valence-electron chi connectivity index (χ0n) is 15.6. The highest BCUT2D eigenvalue weighted by Gasteiger charge is 2.38. The SMILES string of the molecule is CN(C)C1(CNC(=O)C2CC(=O)N(Cc3ccccn3)C2)CCOCC1. The predicted octanol–water partition coefficient (Wildman–Crippen LogP) is 0.657. The van der Waals surface area contributed by atoms with Gasteiger partial charge in [-0.25, -0.2) is 0 Å². The molecule has 0 spiro atoms. The van der Waals surface area contributed by atoms with E-state index >= 15 is 0 Å². The maximum Gasteiger partial charge on any atom is 0.225 e. The van der Waals surface area contributed by atoms with Crippen molar-refractivity contribution in [2.75, 3.05) is 40.4 Å². The number of pyridine rings is 1. The second kappa shape index (κ2) is 8.14. The highest BCUT2D eigenvalue weighted by Crippen LogP contribution is 2.26. The summed E-state index contributed by atoms with van der Waals surface area (Å²) in [6, 6.07) is 5.65. The van der Waals surface area contributed by atoms with Gasteiger partial charge >= 0.3 is 0 Å². The molecular formula is C19H28N4O3. The number of ether oxygens (including phenoxy) is 1. The molecule has 26 heavy (non-hydrogen) atoms. The standard InChI is InChI=1S/C19H28N4O3/c1-22(2)19(6-9-26-10-7-19)14-21-18(25)15-11-17(24)23(12-15)13-16-5-3-4-8-20-16/h3-5,8,15H,6-7,9-14H2,1-2H3,(H,21,25). The van der Waals surface area contributed by atoms with Crippen LogP contribution in [0.4, 0.5) is 0 Å². The van der Waals surface area contributed by atoms with Gasteiger partial charge < -0.3 is 19.9 Å². The molecule has 3 heterocycles. The molecule has 0 aliphatic carbocycles. The Morgan fingerprint density at radius 2 is 2.15 bits per heavy atom. The average molecular weight is 360 g/mol. The molecule has 0 aromatic carbocycles. The number of nitrogens with zero attached hydrogens (tertiary/aromatic N) is 3. The van der Waals surface area contributed by atoms with Crippen LogP contribution in [0.2, 0.25) is 0 Å². The van der Waals surface area contributed by atoms with Crippen LogP contribution in [0.3, 0.4) is 0 Å². The fourth-order valence-corrected chi connectivity index (χ4v) is 3.72. The van der Waals surface area contributed by atoms with E-state index in [9.17, 15) is 9.59 Å². The fraction of sp³-hybridized carbons (Fsp3) is 0.632. The highest BCUT2D eigenvalue weighted by molar-refractivity contribution is 5.89. The summed E-state index contributed by atoms with van der Waals surface area (Å²) in [5, 5.41) is 3.09. The molecule has 1 atom stereocenters. The molecule has 0 saturated carbocycles. The summed E-state index contributed by atoms with van der Waals surface area (Å²) in [5.74, 6) is -0.302. The molecule has 2 aliphatic rings. The minimum Gasteiger partial charge on any atom is -0.381 e. The van der Waals surface area contributed by atoms with E-state index in [1.54, 1.807) is 11.1 Å². The number of likely N-dealkylation sites (N-methyl/N-ethyl adjacent to an activating group) is 1. The first-order chi connectivity index (χ1) is 12.5. The lowest BCUT2D eigenvalue weighted by Crippen LogP contribution is -2.56. The fourth-order valence-electron chi connectivity index (χ4n) is 3.72. The number of amides is 2. The van der Waals surface area contributed by atoms with E-state index in [1.807, 2.05) is 32.3 Å². The lowest BCUT2D eigenvalue weighted by atomic mass is 9.88. The van der Waals surface area contributed by atoms with Gasteiger partial charge in [-0.3, -0.25) is 14.6 Å². The van der Waals surface area contributed by atoms with Gasteiger partial charge in [0.15, 0.2) is 0 Å². The van der Waals surface area contributed by atoms with Gasteiger partial charge in [0.05, 0.1) is 18.2 Å². The molecule has 0 bridgehead atoms. The first kappa shape index (κ1) is 18.8. The Hall–Kier alpha value is -1.99. The van der Waals surface area contributed by atoms with Crippen molar-refractivity contribution < 1.29 is 14.3 Å². The number of rotatable bonds is 6. The Morgan fingerprint density at radius 1 is 1.38 bits per heavy atom. The van der Waals surface area contributed by atoms with Gasteiger partial charge in [0.25, 0.3) is 0 Å². The maximum absolute atomic E-state index is 12.6. The Kier molecular flexibility index (Phi) is 5.88. The van der Waals surface area contributed by atoms with Gasteiger partial charge in [0, 0.05) is 44.5 Å². The summed E-state index contributed by atoms with van der Waals surface area (Å²) < 4.78 is 5.47. The molecule has 2 fully saturated rings. The molecule has 2 aliphatic heterocycles. The molecule has 1 aromatic heterocycles. The third-order valence-electron chi connectivity index (χ3n) is 5.63. The van der Waals surface area contributed by atoms with E-state index in [0.717, 1.165) is 18.5 Å². The van der Waals surface area contributed by atoms with Crippen molar-refractivity contribution in [1.29, 1.82) is 0 Å². The number of likely N-dealkylation sites (tertiary alicyclic amines) is 1. The summed E-state index contributed by atoms with van der Waals surface area (Å²) in [7, 11) is 4.09. The van der Waals surface area contributed by atoms with Gasteiger partial charge in [0.1, 0.15) is 0 Å². The van der Waals surface area contributed by atoms with E-state index in [0.29, 0.717) is 32.8 Å². The van der Waals surface area contributed by atoms with E-state index in [4.69, 9.17) is 4.74 Å². The minimum atomic E-state index is -0.287. The number of hydrogen-bond acceptors (Lipinski definition) is 5. The summed E-state index contributed by atoms with van der Waals surface area (Å²) in [5.41, 5.74) is 0.778. The van der Waals surface area contributed by atoms with Gasteiger partial charge in [0.2, 0.25) is 11.8 Å². The monoisotopic (exact) mass is 360 g/mol. The van der Waals surface area contributed by atoms with Gasteiger partial charge in [-0.2, -0.15) is 0 Å². The summed E-state index contributed by atoms with van der Waals surface area (Å²) in [6.45, 7) is 2.94. The second-order valence-electron chi connectivity index (χ2n) is 7.45. The molecule has 7 heteroatoms. The van der Waals surface area contributed by atoms with Crippen molar-refractivity contribution in [3.05, 3.63) is 30.1 Å². The number of carbonyl (C=O) groups is 2. The Labute approximate surface area is 154 Å². The van der Waals surface area contributed by atoms with Crippen LogP contribution in [-0.2, 0) is 20.9 Å². The van der Waals surface area contributed by atoms with Gasteiger partial charge in [-0.15, -0.1) is 0 Å². The Balaban J connectivity index is 1.54. The van der Waals surface area contributed by atoms with Crippen LogP contribution in [0, 0.1) is 5.92 Å². The van der Waals surface area contributed by atoms with Crippen molar-refractivity contribution in [2.45, 2.75) is 31.3 Å². The lowest BCUT2D eigenvalue weighted by molar-refractivity contribution is -0.129. The molecule has 3 rings (SSSR count).